The Morgan fingerprint density at radius 1 is 0.824 bits per heavy atom. The Bertz CT molecular complexity index is 1810. The van der Waals surface area contributed by atoms with Crippen LogP contribution in [-0.2, 0) is 0 Å². The lowest BCUT2D eigenvalue weighted by Gasteiger charge is -2.06. The smallest absolute Gasteiger partial charge is 0.336 e. The third-order valence-corrected chi connectivity index (χ3v) is 6.65. The highest BCUT2D eigenvalue weighted by atomic mass is 79.9. The topological polar surface area (TPSA) is 60.4 Å². The van der Waals surface area contributed by atoms with E-state index in [-0.39, 0.29) is 11.5 Å². The van der Waals surface area contributed by atoms with Gasteiger partial charge in [-0.2, -0.15) is 0 Å². The predicted octanol–water partition coefficient (Wildman–Crippen LogP) is 7.66. The Morgan fingerprint density at radius 2 is 1.59 bits per heavy atom. The summed E-state index contributed by atoms with van der Waals surface area (Å²) < 4.78 is 12.8. The normalized spacial score (nSPS) is 11.5. The van der Waals surface area contributed by atoms with Gasteiger partial charge in [-0.25, -0.2) is 4.79 Å². The molecule has 0 aliphatic heterocycles. The van der Waals surface area contributed by atoms with Crippen LogP contribution >= 0.6 is 15.9 Å². The van der Waals surface area contributed by atoms with Crippen molar-refractivity contribution < 1.29 is 13.6 Å². The van der Waals surface area contributed by atoms with E-state index < -0.39 is 5.63 Å². The molecule has 0 aliphatic carbocycles. The van der Waals surface area contributed by atoms with Crippen molar-refractivity contribution in [2.75, 3.05) is 0 Å². The van der Waals surface area contributed by atoms with Crippen LogP contribution < -0.4 is 5.63 Å². The Labute approximate surface area is 202 Å². The number of benzene rings is 4. The summed E-state index contributed by atoms with van der Waals surface area (Å²) in [6.07, 6.45) is 0. The molecule has 0 atom stereocenters. The minimum Gasteiger partial charge on any atom is -0.452 e. The standard InChI is InChI=1S/C29H17BrO4/c1-16-14-24(31)34-28-22(16)12-13-23-26(28)25(18-8-10-21(30)11-9-18)29(33-23)27(32)20-7-6-17-4-2-3-5-19(17)15-20/h2-15H,1H3. The molecule has 0 amide bonds. The molecule has 0 spiro atoms. The van der Waals surface area contributed by atoms with Gasteiger partial charge >= 0.3 is 5.63 Å². The van der Waals surface area contributed by atoms with Crippen LogP contribution in [0.15, 0.2) is 103 Å². The van der Waals surface area contributed by atoms with Crippen molar-refractivity contribution >= 4 is 54.4 Å². The van der Waals surface area contributed by atoms with Crippen molar-refractivity contribution in [3.63, 3.8) is 0 Å². The lowest BCUT2D eigenvalue weighted by atomic mass is 9.95. The molecule has 6 rings (SSSR count). The zero-order valence-electron chi connectivity index (χ0n) is 18.1. The van der Waals surface area contributed by atoms with Crippen LogP contribution in [0.4, 0.5) is 0 Å². The van der Waals surface area contributed by atoms with Crippen LogP contribution in [0.25, 0.3) is 43.8 Å². The van der Waals surface area contributed by atoms with E-state index in [1.807, 2.05) is 85.8 Å². The largest absolute Gasteiger partial charge is 0.452 e. The van der Waals surface area contributed by atoms with Gasteiger partial charge in [-0.05, 0) is 59.2 Å². The molecular formula is C29H17BrO4. The van der Waals surface area contributed by atoms with Crippen LogP contribution in [0.1, 0.15) is 21.7 Å². The van der Waals surface area contributed by atoms with Gasteiger partial charge in [0.05, 0.1) is 5.39 Å². The summed E-state index contributed by atoms with van der Waals surface area (Å²) in [5.41, 5.74) is 3.20. The van der Waals surface area contributed by atoms with E-state index in [4.69, 9.17) is 8.83 Å². The summed E-state index contributed by atoms with van der Waals surface area (Å²) in [4.78, 5) is 26.1. The van der Waals surface area contributed by atoms with E-state index in [0.29, 0.717) is 27.7 Å². The first kappa shape index (κ1) is 20.6. The van der Waals surface area contributed by atoms with Crippen molar-refractivity contribution in [3.05, 3.63) is 117 Å². The lowest BCUT2D eigenvalue weighted by Crippen LogP contribution is -2.02. The molecule has 0 saturated heterocycles. The first-order valence-corrected chi connectivity index (χ1v) is 11.6. The van der Waals surface area contributed by atoms with Gasteiger partial charge in [-0.1, -0.05) is 64.5 Å². The summed E-state index contributed by atoms with van der Waals surface area (Å²) in [5.74, 6) is -0.0210. The first-order chi connectivity index (χ1) is 16.5. The van der Waals surface area contributed by atoms with Gasteiger partial charge in [0.2, 0.25) is 5.78 Å². The SMILES string of the molecule is Cc1cc(=O)oc2c1ccc1oc(C(=O)c3ccc4ccccc4c3)c(-c3ccc(Br)cc3)c12. The maximum Gasteiger partial charge on any atom is 0.336 e. The number of carbonyl (C=O) groups excluding carboxylic acids is 1. The van der Waals surface area contributed by atoms with Crippen LogP contribution in [0.5, 0.6) is 0 Å². The summed E-state index contributed by atoms with van der Waals surface area (Å²) >= 11 is 3.47. The second-order valence-electron chi connectivity index (χ2n) is 8.27. The Balaban J connectivity index is 1.68. The molecule has 2 heterocycles. The molecule has 0 saturated carbocycles. The fourth-order valence-corrected chi connectivity index (χ4v) is 4.74. The molecule has 0 fully saturated rings. The fourth-order valence-electron chi connectivity index (χ4n) is 4.48. The summed E-state index contributed by atoms with van der Waals surface area (Å²) in [6.45, 7) is 1.87. The van der Waals surface area contributed by atoms with Gasteiger partial charge in [0.25, 0.3) is 0 Å². The summed E-state index contributed by atoms with van der Waals surface area (Å²) in [6, 6.07) is 26.3. The molecule has 34 heavy (non-hydrogen) atoms. The highest BCUT2D eigenvalue weighted by molar-refractivity contribution is 9.10. The number of furan rings is 1. The molecule has 0 bridgehead atoms. The van der Waals surface area contributed by atoms with Crippen molar-refractivity contribution in [1.82, 2.24) is 0 Å². The molecule has 5 heteroatoms. The number of fused-ring (bicyclic) bond motifs is 4. The average Bonchev–Trinajstić information content (AvgIpc) is 3.24. The van der Waals surface area contributed by atoms with Gasteiger partial charge in [-0.3, -0.25) is 4.79 Å². The van der Waals surface area contributed by atoms with Crippen LogP contribution in [0.2, 0.25) is 0 Å². The monoisotopic (exact) mass is 508 g/mol. The molecule has 164 valence electrons. The Hall–Kier alpha value is -3.96. The molecule has 6 aromatic rings. The van der Waals surface area contributed by atoms with E-state index in [1.54, 1.807) is 0 Å². The number of hydrogen-bond acceptors (Lipinski definition) is 4. The van der Waals surface area contributed by atoms with Crippen LogP contribution in [-0.4, -0.2) is 5.78 Å². The van der Waals surface area contributed by atoms with Gasteiger partial charge in [0.1, 0.15) is 11.2 Å². The number of rotatable bonds is 3. The highest BCUT2D eigenvalue weighted by Crippen LogP contribution is 2.41. The molecule has 0 unspecified atom stereocenters. The molecular weight excluding hydrogens is 492 g/mol. The van der Waals surface area contributed by atoms with Crippen molar-refractivity contribution in [3.8, 4) is 11.1 Å². The van der Waals surface area contributed by atoms with Crippen molar-refractivity contribution in [2.24, 2.45) is 0 Å². The number of carbonyl (C=O) groups is 1. The molecule has 0 radical (unpaired) electrons. The van der Waals surface area contributed by atoms with E-state index >= 15 is 0 Å². The third kappa shape index (κ3) is 3.28. The minimum atomic E-state index is -0.442. The lowest BCUT2D eigenvalue weighted by molar-refractivity contribution is 0.101. The Morgan fingerprint density at radius 3 is 2.38 bits per heavy atom. The van der Waals surface area contributed by atoms with Crippen LogP contribution in [0.3, 0.4) is 0 Å². The average molecular weight is 509 g/mol. The molecule has 4 nitrogen and oxygen atoms in total. The second kappa shape index (κ2) is 7.82. The van der Waals surface area contributed by atoms with E-state index in [2.05, 4.69) is 15.9 Å². The van der Waals surface area contributed by atoms with Gasteiger partial charge < -0.3 is 8.83 Å². The number of hydrogen-bond donors (Lipinski definition) is 0. The van der Waals surface area contributed by atoms with Gasteiger partial charge in [0.15, 0.2) is 5.76 Å². The van der Waals surface area contributed by atoms with E-state index in [9.17, 15) is 9.59 Å². The zero-order chi connectivity index (χ0) is 23.4. The number of aryl methyl sites for hydroxylation is 1. The molecule has 4 aromatic carbocycles. The molecule has 0 N–H and O–H groups in total. The number of halogens is 1. The zero-order valence-corrected chi connectivity index (χ0v) is 19.7. The van der Waals surface area contributed by atoms with Crippen molar-refractivity contribution in [1.29, 1.82) is 0 Å². The maximum absolute atomic E-state index is 13.8. The second-order valence-corrected chi connectivity index (χ2v) is 9.18. The van der Waals surface area contributed by atoms with Crippen molar-refractivity contribution in [2.45, 2.75) is 6.92 Å². The summed E-state index contributed by atoms with van der Waals surface area (Å²) in [5, 5.41) is 3.45. The maximum atomic E-state index is 13.8. The van der Waals surface area contributed by atoms with E-state index in [0.717, 1.165) is 31.8 Å². The minimum absolute atomic E-state index is 0.212. The van der Waals surface area contributed by atoms with E-state index in [1.165, 1.54) is 6.07 Å². The summed E-state index contributed by atoms with van der Waals surface area (Å²) in [7, 11) is 0. The van der Waals surface area contributed by atoms with Gasteiger partial charge in [-0.15, -0.1) is 0 Å². The van der Waals surface area contributed by atoms with Gasteiger partial charge in [0, 0.05) is 27.1 Å². The third-order valence-electron chi connectivity index (χ3n) is 6.12. The highest BCUT2D eigenvalue weighted by Gasteiger charge is 2.26. The predicted molar refractivity (Wildman–Crippen MR) is 138 cm³/mol. The quantitative estimate of drug-likeness (QED) is 0.182. The Kier molecular flexibility index (Phi) is 4.74. The molecule has 0 aliphatic rings. The van der Waals surface area contributed by atoms with Crippen LogP contribution in [0, 0.1) is 6.92 Å². The number of ketones is 1. The fraction of sp³-hybridized carbons (Fsp3) is 0.0345. The molecule has 2 aromatic heterocycles. The first-order valence-electron chi connectivity index (χ1n) is 10.8.